The lowest BCUT2D eigenvalue weighted by Crippen LogP contribution is -2.13. The van der Waals surface area contributed by atoms with Crippen molar-refractivity contribution < 1.29 is 9.13 Å². The van der Waals surface area contributed by atoms with E-state index in [1.54, 1.807) is 12.1 Å². The molecule has 0 radical (unpaired) electrons. The van der Waals surface area contributed by atoms with Crippen molar-refractivity contribution >= 4 is 22.9 Å². The van der Waals surface area contributed by atoms with E-state index in [2.05, 4.69) is 5.32 Å². The molecule has 1 saturated carbocycles. The van der Waals surface area contributed by atoms with Crippen LogP contribution >= 0.6 is 12.2 Å². The zero-order chi connectivity index (χ0) is 13.0. The first-order chi connectivity index (χ1) is 8.66. The molecule has 0 heterocycles. The maximum Gasteiger partial charge on any atom is 0.135 e. The average molecular weight is 268 g/mol. The van der Waals surface area contributed by atoms with E-state index in [4.69, 9.17) is 22.7 Å². The van der Waals surface area contributed by atoms with Crippen molar-refractivity contribution in [2.45, 2.75) is 12.8 Å². The molecular weight excluding hydrogens is 251 g/mol. The second kappa shape index (κ2) is 6.11. The third-order valence-electron chi connectivity index (χ3n) is 2.86. The third-order valence-corrected chi connectivity index (χ3v) is 3.08. The standard InChI is InChI=1S/C13H17FN2OS/c14-12-7-10(3-4-11(12)13(15)18)16-5-6-17-8-9-1-2-9/h3-4,7,9,16H,1-2,5-6,8H2,(H2,15,18). The van der Waals surface area contributed by atoms with Crippen molar-refractivity contribution in [2.75, 3.05) is 25.1 Å². The van der Waals surface area contributed by atoms with Crippen molar-refractivity contribution in [3.05, 3.63) is 29.6 Å². The van der Waals surface area contributed by atoms with Crippen molar-refractivity contribution in [3.63, 3.8) is 0 Å². The zero-order valence-electron chi connectivity index (χ0n) is 10.1. The average Bonchev–Trinajstić information content (AvgIpc) is 3.12. The minimum absolute atomic E-state index is 0.0758. The van der Waals surface area contributed by atoms with E-state index in [0.717, 1.165) is 12.5 Å². The summed E-state index contributed by atoms with van der Waals surface area (Å²) in [6, 6.07) is 4.75. The monoisotopic (exact) mass is 268 g/mol. The summed E-state index contributed by atoms with van der Waals surface area (Å²) in [4.78, 5) is 0.0758. The van der Waals surface area contributed by atoms with Gasteiger partial charge >= 0.3 is 0 Å². The Hall–Kier alpha value is -1.20. The maximum absolute atomic E-state index is 13.6. The van der Waals surface area contributed by atoms with Crippen LogP contribution in [-0.4, -0.2) is 24.7 Å². The molecule has 0 spiro atoms. The van der Waals surface area contributed by atoms with Gasteiger partial charge in [0, 0.05) is 24.4 Å². The van der Waals surface area contributed by atoms with Gasteiger partial charge in [0.25, 0.3) is 0 Å². The van der Waals surface area contributed by atoms with E-state index >= 15 is 0 Å². The Labute approximate surface area is 112 Å². The van der Waals surface area contributed by atoms with E-state index < -0.39 is 5.82 Å². The number of anilines is 1. The molecule has 0 atom stereocenters. The number of halogens is 1. The van der Waals surface area contributed by atoms with Crippen LogP contribution < -0.4 is 11.1 Å². The number of ether oxygens (including phenoxy) is 1. The Bertz CT molecular complexity index is 435. The van der Waals surface area contributed by atoms with Crippen LogP contribution in [0.4, 0.5) is 10.1 Å². The number of nitrogens with one attached hydrogen (secondary N) is 1. The van der Waals surface area contributed by atoms with Crippen LogP contribution in [0, 0.1) is 11.7 Å². The minimum atomic E-state index is -0.397. The third kappa shape index (κ3) is 3.92. The van der Waals surface area contributed by atoms with E-state index in [0.29, 0.717) is 18.8 Å². The predicted molar refractivity (Wildman–Crippen MR) is 74.3 cm³/mol. The van der Waals surface area contributed by atoms with Gasteiger partial charge in [-0.25, -0.2) is 4.39 Å². The molecule has 0 aromatic heterocycles. The van der Waals surface area contributed by atoms with E-state index in [-0.39, 0.29) is 10.6 Å². The highest BCUT2D eigenvalue weighted by Crippen LogP contribution is 2.28. The van der Waals surface area contributed by atoms with Gasteiger partial charge in [0.1, 0.15) is 10.8 Å². The number of hydrogen-bond acceptors (Lipinski definition) is 3. The van der Waals surface area contributed by atoms with Gasteiger partial charge < -0.3 is 15.8 Å². The molecule has 5 heteroatoms. The summed E-state index contributed by atoms with van der Waals surface area (Å²) in [7, 11) is 0. The van der Waals surface area contributed by atoms with Crippen LogP contribution in [0.2, 0.25) is 0 Å². The van der Waals surface area contributed by atoms with Crippen LogP contribution in [0.15, 0.2) is 18.2 Å². The van der Waals surface area contributed by atoms with E-state index in [9.17, 15) is 4.39 Å². The summed E-state index contributed by atoms with van der Waals surface area (Å²) in [6.45, 7) is 2.14. The van der Waals surface area contributed by atoms with Crippen molar-refractivity contribution in [1.29, 1.82) is 0 Å². The Morgan fingerprint density at radius 2 is 2.28 bits per heavy atom. The Morgan fingerprint density at radius 3 is 2.89 bits per heavy atom. The predicted octanol–water partition coefficient (Wildman–Crippen LogP) is 2.30. The molecule has 2 rings (SSSR count). The molecule has 18 heavy (non-hydrogen) atoms. The Balaban J connectivity index is 1.74. The summed E-state index contributed by atoms with van der Waals surface area (Å²) in [6.07, 6.45) is 2.58. The molecule has 1 aromatic rings. The van der Waals surface area contributed by atoms with Crippen molar-refractivity contribution in [1.82, 2.24) is 0 Å². The highest BCUT2D eigenvalue weighted by atomic mass is 32.1. The van der Waals surface area contributed by atoms with Crippen molar-refractivity contribution in [2.24, 2.45) is 11.7 Å². The summed E-state index contributed by atoms with van der Waals surface area (Å²) < 4.78 is 19.0. The van der Waals surface area contributed by atoms with Crippen LogP contribution in [0.1, 0.15) is 18.4 Å². The summed E-state index contributed by atoms with van der Waals surface area (Å²) in [5, 5.41) is 3.10. The Kier molecular flexibility index (Phi) is 4.49. The lowest BCUT2D eigenvalue weighted by Gasteiger charge is -2.08. The smallest absolute Gasteiger partial charge is 0.135 e. The fourth-order valence-corrected chi connectivity index (χ4v) is 1.79. The molecule has 0 bridgehead atoms. The van der Waals surface area contributed by atoms with Gasteiger partial charge in [0.2, 0.25) is 0 Å². The normalized spacial score (nSPS) is 14.5. The van der Waals surface area contributed by atoms with Crippen molar-refractivity contribution in [3.8, 4) is 0 Å². The molecule has 1 fully saturated rings. The lowest BCUT2D eigenvalue weighted by molar-refractivity contribution is 0.134. The fraction of sp³-hybridized carbons (Fsp3) is 0.462. The zero-order valence-corrected chi connectivity index (χ0v) is 10.9. The lowest BCUT2D eigenvalue weighted by atomic mass is 10.2. The van der Waals surface area contributed by atoms with Crippen LogP contribution in [0.25, 0.3) is 0 Å². The molecular formula is C13H17FN2OS. The van der Waals surface area contributed by atoms with Gasteiger partial charge in [-0.3, -0.25) is 0 Å². The van der Waals surface area contributed by atoms with Crippen LogP contribution in [0.3, 0.4) is 0 Å². The molecule has 1 aliphatic rings. The quantitative estimate of drug-likeness (QED) is 0.588. The molecule has 3 N–H and O–H groups in total. The maximum atomic E-state index is 13.6. The van der Waals surface area contributed by atoms with Gasteiger partial charge in [-0.1, -0.05) is 12.2 Å². The summed E-state index contributed by atoms with van der Waals surface area (Å²) in [5.74, 6) is 0.374. The first-order valence-electron chi connectivity index (χ1n) is 6.08. The minimum Gasteiger partial charge on any atom is -0.389 e. The first-order valence-corrected chi connectivity index (χ1v) is 6.48. The van der Waals surface area contributed by atoms with E-state index in [1.165, 1.54) is 18.9 Å². The Morgan fingerprint density at radius 1 is 1.50 bits per heavy atom. The van der Waals surface area contributed by atoms with Crippen LogP contribution in [0.5, 0.6) is 0 Å². The van der Waals surface area contributed by atoms with Crippen LogP contribution in [-0.2, 0) is 4.74 Å². The number of thiocarbonyl (C=S) groups is 1. The van der Waals surface area contributed by atoms with Gasteiger partial charge in [-0.05, 0) is 37.0 Å². The topological polar surface area (TPSA) is 47.3 Å². The van der Waals surface area contributed by atoms with E-state index in [1.807, 2.05) is 0 Å². The van der Waals surface area contributed by atoms with Gasteiger partial charge in [-0.15, -0.1) is 0 Å². The first kappa shape index (κ1) is 13.2. The molecule has 0 aliphatic heterocycles. The molecule has 98 valence electrons. The molecule has 0 unspecified atom stereocenters. The number of benzene rings is 1. The largest absolute Gasteiger partial charge is 0.389 e. The number of nitrogens with two attached hydrogens (primary N) is 1. The fourth-order valence-electron chi connectivity index (χ4n) is 1.63. The second-order valence-corrected chi connectivity index (χ2v) is 4.94. The number of hydrogen-bond donors (Lipinski definition) is 2. The molecule has 3 nitrogen and oxygen atoms in total. The molecule has 1 aromatic carbocycles. The van der Waals surface area contributed by atoms with Gasteiger partial charge in [0.15, 0.2) is 0 Å². The highest BCUT2D eigenvalue weighted by molar-refractivity contribution is 7.80. The molecule has 0 amide bonds. The van der Waals surface area contributed by atoms with Gasteiger partial charge in [-0.2, -0.15) is 0 Å². The SMILES string of the molecule is NC(=S)c1ccc(NCCOCC2CC2)cc1F. The highest BCUT2D eigenvalue weighted by Gasteiger charge is 2.20. The van der Waals surface area contributed by atoms with Gasteiger partial charge in [0.05, 0.1) is 6.61 Å². The summed E-state index contributed by atoms with van der Waals surface area (Å²) in [5.41, 5.74) is 6.38. The summed E-state index contributed by atoms with van der Waals surface area (Å²) >= 11 is 4.74. The molecule has 0 saturated heterocycles. The number of rotatable bonds is 7. The second-order valence-electron chi connectivity index (χ2n) is 4.50. The molecule has 1 aliphatic carbocycles.